The maximum Gasteiger partial charge on any atom is 0.328 e. The van der Waals surface area contributed by atoms with Crippen LogP contribution in [0.2, 0.25) is 5.02 Å². The van der Waals surface area contributed by atoms with Gasteiger partial charge in [0.25, 0.3) is 0 Å². The Hall–Kier alpha value is -3.57. The summed E-state index contributed by atoms with van der Waals surface area (Å²) in [6.07, 6.45) is 2.46. The summed E-state index contributed by atoms with van der Waals surface area (Å²) in [5, 5.41) is 8.97. The van der Waals surface area contributed by atoms with E-state index in [-0.39, 0.29) is 17.5 Å². The minimum Gasteiger partial charge on any atom is -0.372 e. The molecule has 11 nitrogen and oxygen atoms in total. The molecule has 3 atom stereocenters. The Morgan fingerprint density at radius 3 is 2.68 bits per heavy atom. The normalized spacial score (nSPS) is 25.7. The number of hydrogen-bond donors (Lipinski definition) is 2. The minimum absolute atomic E-state index is 0.0795. The number of rotatable bonds is 1. The second kappa shape index (κ2) is 7.21. The van der Waals surface area contributed by atoms with E-state index >= 15 is 0 Å². The molecule has 3 aromatic heterocycles. The van der Waals surface area contributed by atoms with Crippen molar-refractivity contribution in [3.05, 3.63) is 35.2 Å². The van der Waals surface area contributed by atoms with Gasteiger partial charge in [0.05, 0.1) is 29.6 Å². The second-order valence-electron chi connectivity index (χ2n) is 8.81. The largest absolute Gasteiger partial charge is 0.372 e. The van der Waals surface area contributed by atoms with Gasteiger partial charge in [-0.3, -0.25) is 25.2 Å². The standard InChI is InChI=1S/C22H19ClN6O5/c1-9-8-29-16-12(6-22(18(29)10(2)33-9)19(30)26-21(32)27-20(22)31)25-15-14(11-4-3-5-24-7-11)28-34-17(15)13(16)23/h3-5,7,9-10,18H,6,8H2,1-2H3,(H2,26,27,30,31,32). The van der Waals surface area contributed by atoms with E-state index in [4.69, 9.17) is 25.8 Å². The van der Waals surface area contributed by atoms with Gasteiger partial charge in [-0.1, -0.05) is 16.8 Å². The molecule has 0 aliphatic carbocycles. The van der Waals surface area contributed by atoms with Crippen molar-refractivity contribution in [3.63, 3.8) is 0 Å². The predicted molar refractivity (Wildman–Crippen MR) is 119 cm³/mol. The van der Waals surface area contributed by atoms with Crippen LogP contribution in [0.15, 0.2) is 29.0 Å². The van der Waals surface area contributed by atoms with Crippen molar-refractivity contribution >= 4 is 46.2 Å². The SMILES string of the molecule is CC1CN2c3c(nc4c(-c5cccnc5)noc4c3Cl)CC3(C(=O)NC(=O)NC3=O)C2C(C)O1. The summed E-state index contributed by atoms with van der Waals surface area (Å²) in [5.41, 5.74) is 1.18. The first-order chi connectivity index (χ1) is 16.3. The molecule has 12 heteroatoms. The van der Waals surface area contributed by atoms with Gasteiger partial charge in [-0.2, -0.15) is 0 Å². The summed E-state index contributed by atoms with van der Waals surface area (Å²) >= 11 is 6.87. The van der Waals surface area contributed by atoms with Gasteiger partial charge in [0, 0.05) is 30.9 Å². The van der Waals surface area contributed by atoms with Crippen molar-refractivity contribution in [2.75, 3.05) is 11.4 Å². The summed E-state index contributed by atoms with van der Waals surface area (Å²) in [5.74, 6) is -1.38. The fourth-order valence-electron chi connectivity index (χ4n) is 5.45. The first-order valence-electron chi connectivity index (χ1n) is 10.8. The van der Waals surface area contributed by atoms with Crippen LogP contribution in [-0.2, 0) is 20.7 Å². The molecule has 0 bridgehead atoms. The molecular formula is C22H19ClN6O5. The highest BCUT2D eigenvalue weighted by Crippen LogP contribution is 2.50. The van der Waals surface area contributed by atoms with Gasteiger partial charge in [0.1, 0.15) is 16.2 Å². The number of urea groups is 1. The molecule has 6 rings (SSSR count). The highest BCUT2D eigenvalue weighted by Gasteiger charge is 2.63. The number of barbiturate groups is 1. The van der Waals surface area contributed by atoms with Gasteiger partial charge in [0.15, 0.2) is 5.41 Å². The van der Waals surface area contributed by atoms with Gasteiger partial charge in [0.2, 0.25) is 17.4 Å². The van der Waals surface area contributed by atoms with Crippen LogP contribution in [0, 0.1) is 5.41 Å². The van der Waals surface area contributed by atoms with Gasteiger partial charge in [-0.05, 0) is 26.0 Å². The zero-order valence-corrected chi connectivity index (χ0v) is 18.9. The van der Waals surface area contributed by atoms with Crippen LogP contribution in [-0.4, -0.2) is 57.8 Å². The Labute approximate surface area is 197 Å². The van der Waals surface area contributed by atoms with E-state index in [1.807, 2.05) is 17.9 Å². The smallest absolute Gasteiger partial charge is 0.328 e. The van der Waals surface area contributed by atoms with Crippen molar-refractivity contribution < 1.29 is 23.6 Å². The van der Waals surface area contributed by atoms with E-state index < -0.39 is 35.4 Å². The van der Waals surface area contributed by atoms with Crippen LogP contribution < -0.4 is 15.5 Å². The molecule has 4 amide bonds. The lowest BCUT2D eigenvalue weighted by molar-refractivity contribution is -0.153. The Morgan fingerprint density at radius 1 is 1.21 bits per heavy atom. The molecule has 1 spiro atoms. The summed E-state index contributed by atoms with van der Waals surface area (Å²) < 4.78 is 11.6. The number of nitrogens with one attached hydrogen (secondary N) is 2. The molecule has 3 aromatic rings. The lowest BCUT2D eigenvalue weighted by atomic mass is 9.67. The van der Waals surface area contributed by atoms with Crippen LogP contribution in [0.5, 0.6) is 0 Å². The van der Waals surface area contributed by atoms with Crippen LogP contribution in [0.4, 0.5) is 10.5 Å². The predicted octanol–water partition coefficient (Wildman–Crippen LogP) is 1.83. The topological polar surface area (TPSA) is 140 Å². The summed E-state index contributed by atoms with van der Waals surface area (Å²) in [7, 11) is 0. The molecule has 2 fully saturated rings. The first-order valence-corrected chi connectivity index (χ1v) is 11.2. The number of carbonyl (C=O) groups excluding carboxylic acids is 3. The van der Waals surface area contributed by atoms with Gasteiger partial charge in [-0.15, -0.1) is 0 Å². The van der Waals surface area contributed by atoms with E-state index in [2.05, 4.69) is 20.8 Å². The number of fused-ring (bicyclic) bond motifs is 5. The molecular weight excluding hydrogens is 464 g/mol. The number of nitrogens with zero attached hydrogens (tertiary/aromatic N) is 4. The van der Waals surface area contributed by atoms with Crippen molar-refractivity contribution in [1.29, 1.82) is 0 Å². The van der Waals surface area contributed by atoms with Crippen LogP contribution in [0.25, 0.3) is 22.4 Å². The molecule has 0 radical (unpaired) electrons. The Balaban J connectivity index is 1.61. The van der Waals surface area contributed by atoms with Crippen molar-refractivity contribution in [2.24, 2.45) is 5.41 Å². The van der Waals surface area contributed by atoms with Crippen molar-refractivity contribution in [3.8, 4) is 11.3 Å². The number of carbonyl (C=O) groups is 3. The highest BCUT2D eigenvalue weighted by molar-refractivity contribution is 6.38. The number of hydrogen-bond acceptors (Lipinski definition) is 9. The fraction of sp³-hybridized carbons (Fsp3) is 0.364. The quantitative estimate of drug-likeness (QED) is 0.497. The van der Waals surface area contributed by atoms with E-state index in [1.54, 1.807) is 25.4 Å². The van der Waals surface area contributed by atoms with Gasteiger partial charge in [-0.25, -0.2) is 9.78 Å². The van der Waals surface area contributed by atoms with Crippen LogP contribution in [0.3, 0.4) is 0 Å². The lowest BCUT2D eigenvalue weighted by Gasteiger charge is -2.55. The zero-order valence-electron chi connectivity index (χ0n) is 18.2. The molecule has 3 unspecified atom stereocenters. The molecule has 6 heterocycles. The van der Waals surface area contributed by atoms with E-state index in [0.29, 0.717) is 40.3 Å². The Morgan fingerprint density at radius 2 is 1.97 bits per heavy atom. The second-order valence-corrected chi connectivity index (χ2v) is 9.18. The molecule has 3 aliphatic heterocycles. The number of halogens is 1. The molecule has 0 aromatic carbocycles. The Bertz CT molecular complexity index is 1360. The molecule has 2 saturated heterocycles. The maximum atomic E-state index is 13.3. The third-order valence-electron chi connectivity index (χ3n) is 6.71. The molecule has 3 aliphatic rings. The van der Waals surface area contributed by atoms with E-state index in [9.17, 15) is 14.4 Å². The van der Waals surface area contributed by atoms with E-state index in [0.717, 1.165) is 0 Å². The third-order valence-corrected chi connectivity index (χ3v) is 7.06. The number of pyridine rings is 2. The van der Waals surface area contributed by atoms with Crippen LogP contribution in [0.1, 0.15) is 19.5 Å². The molecule has 34 heavy (non-hydrogen) atoms. The van der Waals surface area contributed by atoms with E-state index in [1.165, 1.54) is 0 Å². The zero-order chi connectivity index (χ0) is 23.8. The lowest BCUT2D eigenvalue weighted by Crippen LogP contribution is -2.75. The van der Waals surface area contributed by atoms with Crippen molar-refractivity contribution in [2.45, 2.75) is 38.5 Å². The average Bonchev–Trinajstić information content (AvgIpc) is 3.21. The first kappa shape index (κ1) is 21.0. The molecule has 0 saturated carbocycles. The number of aromatic nitrogens is 3. The number of morpholine rings is 1. The number of imide groups is 2. The summed E-state index contributed by atoms with van der Waals surface area (Å²) in [4.78, 5) is 49.3. The maximum absolute atomic E-state index is 13.3. The third kappa shape index (κ3) is 2.74. The number of ether oxygens (including phenoxy) is 1. The minimum atomic E-state index is -1.64. The van der Waals surface area contributed by atoms with Crippen LogP contribution >= 0.6 is 11.6 Å². The monoisotopic (exact) mass is 482 g/mol. The van der Waals surface area contributed by atoms with Crippen molar-refractivity contribution in [1.82, 2.24) is 25.8 Å². The Kier molecular flexibility index (Phi) is 4.45. The fourth-order valence-corrected chi connectivity index (χ4v) is 5.79. The number of anilines is 1. The van der Waals surface area contributed by atoms with Gasteiger partial charge < -0.3 is 14.2 Å². The number of amides is 4. The highest BCUT2D eigenvalue weighted by atomic mass is 35.5. The summed E-state index contributed by atoms with van der Waals surface area (Å²) in [6, 6.07) is 2.01. The summed E-state index contributed by atoms with van der Waals surface area (Å²) in [6.45, 7) is 4.05. The molecule has 174 valence electrons. The average molecular weight is 483 g/mol. The molecule has 2 N–H and O–H groups in total. The van der Waals surface area contributed by atoms with Gasteiger partial charge >= 0.3 is 6.03 Å².